The number of hydrogen-bond donors (Lipinski definition) is 0. The van der Waals surface area contributed by atoms with Crippen LogP contribution in [0.2, 0.25) is 0 Å². The van der Waals surface area contributed by atoms with Crippen molar-refractivity contribution in [3.63, 3.8) is 0 Å². The van der Waals surface area contributed by atoms with E-state index in [1.54, 1.807) is 0 Å². The van der Waals surface area contributed by atoms with E-state index in [1.807, 2.05) is 6.92 Å². The molecule has 0 aromatic carbocycles. The van der Waals surface area contributed by atoms with Crippen LogP contribution in [0.25, 0.3) is 0 Å². The standard InChI is InChI=1S/C22H36O4/c1-15(26-17(3)24)8-10-19-18(14-25-16(2)23)9-11-20-21(4,5)12-7-13-22(19,20)6/h9,15,19-20H,7-8,10-14H2,1-6H3/t15-,19-,20-,22+/m0/s1. The zero-order valence-electron chi connectivity index (χ0n) is 17.4. The largest absolute Gasteiger partial charge is 0.463 e. The highest BCUT2D eigenvalue weighted by Crippen LogP contribution is 2.60. The molecule has 0 bridgehead atoms. The molecule has 26 heavy (non-hydrogen) atoms. The normalized spacial score (nSPS) is 31.4. The van der Waals surface area contributed by atoms with Gasteiger partial charge in [-0.3, -0.25) is 9.59 Å². The number of hydrogen-bond acceptors (Lipinski definition) is 4. The second-order valence-electron chi connectivity index (χ2n) is 9.25. The topological polar surface area (TPSA) is 52.6 Å². The molecule has 0 aromatic heterocycles. The lowest BCUT2D eigenvalue weighted by Gasteiger charge is -2.57. The molecule has 4 nitrogen and oxygen atoms in total. The summed E-state index contributed by atoms with van der Waals surface area (Å²) in [4.78, 5) is 22.6. The maximum atomic E-state index is 11.3. The Kier molecular flexibility index (Phi) is 6.57. The molecule has 1 fully saturated rings. The van der Waals surface area contributed by atoms with Crippen LogP contribution in [-0.4, -0.2) is 24.6 Å². The van der Waals surface area contributed by atoms with Crippen LogP contribution in [0.4, 0.5) is 0 Å². The number of allylic oxidation sites excluding steroid dienone is 1. The molecule has 0 amide bonds. The number of esters is 2. The molecule has 0 unspecified atom stereocenters. The van der Waals surface area contributed by atoms with Crippen LogP contribution in [-0.2, 0) is 19.1 Å². The molecule has 0 spiro atoms. The Hall–Kier alpha value is -1.32. The van der Waals surface area contributed by atoms with Crippen LogP contribution in [0, 0.1) is 22.7 Å². The maximum Gasteiger partial charge on any atom is 0.302 e. The summed E-state index contributed by atoms with van der Waals surface area (Å²) < 4.78 is 10.7. The smallest absolute Gasteiger partial charge is 0.302 e. The number of ether oxygens (including phenoxy) is 2. The molecule has 0 heterocycles. The summed E-state index contributed by atoms with van der Waals surface area (Å²) >= 11 is 0. The van der Waals surface area contributed by atoms with Crippen LogP contribution >= 0.6 is 0 Å². The SMILES string of the molecule is CC(=O)OCC1=CC[C@H]2C(C)(C)CCC[C@]2(C)[C@H]1CC[C@H](C)OC(C)=O. The van der Waals surface area contributed by atoms with Crippen molar-refractivity contribution in [2.75, 3.05) is 6.61 Å². The first-order valence-electron chi connectivity index (χ1n) is 10.1. The molecule has 2 rings (SSSR count). The third-order valence-electron chi connectivity index (χ3n) is 6.81. The van der Waals surface area contributed by atoms with E-state index in [0.717, 1.165) is 19.3 Å². The number of carbonyl (C=O) groups is 2. The zero-order chi connectivity index (χ0) is 19.5. The molecule has 0 aromatic rings. The Morgan fingerprint density at radius 2 is 1.88 bits per heavy atom. The first-order chi connectivity index (χ1) is 12.1. The Morgan fingerprint density at radius 3 is 2.50 bits per heavy atom. The van der Waals surface area contributed by atoms with Gasteiger partial charge in [-0.05, 0) is 67.3 Å². The number of carbonyl (C=O) groups excluding carboxylic acids is 2. The summed E-state index contributed by atoms with van der Waals surface area (Å²) in [5.41, 5.74) is 1.80. The van der Waals surface area contributed by atoms with E-state index in [4.69, 9.17) is 9.47 Å². The molecule has 4 heteroatoms. The Morgan fingerprint density at radius 1 is 1.19 bits per heavy atom. The van der Waals surface area contributed by atoms with Crippen LogP contribution in [0.15, 0.2) is 11.6 Å². The fourth-order valence-electron chi connectivity index (χ4n) is 5.61. The predicted octanol–water partition coefficient (Wildman–Crippen LogP) is 5.06. The lowest BCUT2D eigenvalue weighted by molar-refractivity contribution is -0.146. The minimum atomic E-state index is -0.228. The van der Waals surface area contributed by atoms with Crippen molar-refractivity contribution in [3.05, 3.63) is 11.6 Å². The number of rotatable bonds is 6. The highest BCUT2D eigenvalue weighted by atomic mass is 16.5. The molecule has 0 radical (unpaired) electrons. The van der Waals surface area contributed by atoms with Gasteiger partial charge in [-0.1, -0.05) is 33.3 Å². The average molecular weight is 365 g/mol. The van der Waals surface area contributed by atoms with Gasteiger partial charge in [0.25, 0.3) is 0 Å². The van der Waals surface area contributed by atoms with Crippen molar-refractivity contribution < 1.29 is 19.1 Å². The first-order valence-corrected chi connectivity index (χ1v) is 10.1. The van der Waals surface area contributed by atoms with Gasteiger partial charge in [0.2, 0.25) is 0 Å². The van der Waals surface area contributed by atoms with Gasteiger partial charge in [-0.15, -0.1) is 0 Å². The second-order valence-corrected chi connectivity index (χ2v) is 9.25. The van der Waals surface area contributed by atoms with E-state index in [0.29, 0.717) is 23.9 Å². The highest BCUT2D eigenvalue weighted by Gasteiger charge is 2.52. The lowest BCUT2D eigenvalue weighted by atomic mass is 9.48. The first kappa shape index (κ1) is 21.0. The average Bonchev–Trinajstić information content (AvgIpc) is 2.49. The van der Waals surface area contributed by atoms with E-state index in [-0.39, 0.29) is 23.5 Å². The number of fused-ring (bicyclic) bond motifs is 1. The van der Waals surface area contributed by atoms with Gasteiger partial charge in [-0.25, -0.2) is 0 Å². The van der Waals surface area contributed by atoms with Crippen molar-refractivity contribution in [3.8, 4) is 0 Å². The van der Waals surface area contributed by atoms with Gasteiger partial charge >= 0.3 is 11.9 Å². The monoisotopic (exact) mass is 364 g/mol. The Balaban J connectivity index is 2.22. The van der Waals surface area contributed by atoms with Crippen LogP contribution in [0.5, 0.6) is 0 Å². The molecular formula is C22H36O4. The third-order valence-corrected chi connectivity index (χ3v) is 6.81. The molecule has 4 atom stereocenters. The van der Waals surface area contributed by atoms with E-state index in [1.165, 1.54) is 38.7 Å². The van der Waals surface area contributed by atoms with Crippen molar-refractivity contribution >= 4 is 11.9 Å². The summed E-state index contributed by atoms with van der Waals surface area (Å²) in [6, 6.07) is 0. The minimum Gasteiger partial charge on any atom is -0.463 e. The molecule has 148 valence electrons. The van der Waals surface area contributed by atoms with Gasteiger partial charge < -0.3 is 9.47 Å². The van der Waals surface area contributed by atoms with Crippen molar-refractivity contribution in [2.24, 2.45) is 22.7 Å². The lowest BCUT2D eigenvalue weighted by Crippen LogP contribution is -2.49. The van der Waals surface area contributed by atoms with Gasteiger partial charge in [0, 0.05) is 13.8 Å². The molecule has 0 aliphatic heterocycles. The van der Waals surface area contributed by atoms with E-state index >= 15 is 0 Å². The van der Waals surface area contributed by atoms with Gasteiger partial charge in [0.15, 0.2) is 0 Å². The molecule has 0 saturated heterocycles. The summed E-state index contributed by atoms with van der Waals surface area (Å²) in [7, 11) is 0. The van der Waals surface area contributed by atoms with Crippen LogP contribution in [0.3, 0.4) is 0 Å². The van der Waals surface area contributed by atoms with E-state index in [2.05, 4.69) is 26.8 Å². The molecular weight excluding hydrogens is 328 g/mol. The quantitative estimate of drug-likeness (QED) is 0.488. The van der Waals surface area contributed by atoms with Crippen molar-refractivity contribution in [1.29, 1.82) is 0 Å². The van der Waals surface area contributed by atoms with Crippen LogP contribution < -0.4 is 0 Å². The highest BCUT2D eigenvalue weighted by molar-refractivity contribution is 5.66. The van der Waals surface area contributed by atoms with E-state index in [9.17, 15) is 9.59 Å². The molecule has 1 saturated carbocycles. The second kappa shape index (κ2) is 8.14. The third kappa shape index (κ3) is 4.69. The minimum absolute atomic E-state index is 0.0805. The Labute approximate surface area is 158 Å². The summed E-state index contributed by atoms with van der Waals surface area (Å²) in [5.74, 6) is 0.561. The molecule has 2 aliphatic rings. The zero-order valence-corrected chi connectivity index (χ0v) is 17.4. The predicted molar refractivity (Wildman–Crippen MR) is 103 cm³/mol. The van der Waals surface area contributed by atoms with Crippen molar-refractivity contribution in [1.82, 2.24) is 0 Å². The maximum absolute atomic E-state index is 11.3. The summed E-state index contributed by atoms with van der Waals surface area (Å²) in [6.45, 7) is 12.5. The molecule has 0 N–H and O–H groups in total. The fraction of sp³-hybridized carbons (Fsp3) is 0.818. The van der Waals surface area contributed by atoms with Gasteiger partial charge in [0.05, 0.1) is 6.10 Å². The Bertz CT molecular complexity index is 562. The summed E-state index contributed by atoms with van der Waals surface area (Å²) in [5, 5.41) is 0. The fourth-order valence-corrected chi connectivity index (χ4v) is 5.61. The van der Waals surface area contributed by atoms with Crippen LogP contribution in [0.1, 0.15) is 80.1 Å². The van der Waals surface area contributed by atoms with Crippen molar-refractivity contribution in [2.45, 2.75) is 86.2 Å². The molecule has 2 aliphatic carbocycles. The van der Waals surface area contributed by atoms with Gasteiger partial charge in [0.1, 0.15) is 6.61 Å². The summed E-state index contributed by atoms with van der Waals surface area (Å²) in [6.07, 6.45) is 8.84. The van der Waals surface area contributed by atoms with Gasteiger partial charge in [-0.2, -0.15) is 0 Å². The van der Waals surface area contributed by atoms with E-state index < -0.39 is 0 Å².